The van der Waals surface area contributed by atoms with Gasteiger partial charge in [-0.05, 0) is 31.5 Å². The van der Waals surface area contributed by atoms with E-state index in [1.165, 1.54) is 12.8 Å². The van der Waals surface area contributed by atoms with E-state index in [-0.39, 0.29) is 5.56 Å². The number of nitrogens with zero attached hydrogens (tertiary/aromatic N) is 2. The first-order chi connectivity index (χ1) is 9.70. The third-order valence-electron chi connectivity index (χ3n) is 4.40. The van der Waals surface area contributed by atoms with E-state index in [1.807, 2.05) is 12.3 Å². The summed E-state index contributed by atoms with van der Waals surface area (Å²) in [6, 6.07) is 5.93. The van der Waals surface area contributed by atoms with Gasteiger partial charge in [-0.15, -0.1) is 0 Å². The SMILES string of the molecule is CCC(C)C1CN(CCn2ccccc2=O)CCCN1. The lowest BCUT2D eigenvalue weighted by Crippen LogP contribution is -2.43. The second kappa shape index (κ2) is 7.60. The highest BCUT2D eigenvalue weighted by atomic mass is 16.1. The van der Waals surface area contributed by atoms with Gasteiger partial charge in [0.05, 0.1) is 0 Å². The second-order valence-corrected chi connectivity index (χ2v) is 5.83. The number of nitrogens with one attached hydrogen (secondary N) is 1. The normalized spacial score (nSPS) is 22.4. The van der Waals surface area contributed by atoms with Crippen LogP contribution in [0.2, 0.25) is 0 Å². The quantitative estimate of drug-likeness (QED) is 0.887. The maximum absolute atomic E-state index is 11.7. The Bertz CT molecular complexity index is 457. The maximum Gasteiger partial charge on any atom is 0.250 e. The van der Waals surface area contributed by atoms with Crippen LogP contribution in [0.4, 0.5) is 0 Å². The summed E-state index contributed by atoms with van der Waals surface area (Å²) in [5.41, 5.74) is 0.0962. The first-order valence-electron chi connectivity index (χ1n) is 7.82. The first kappa shape index (κ1) is 15.3. The summed E-state index contributed by atoms with van der Waals surface area (Å²) in [4.78, 5) is 14.2. The minimum Gasteiger partial charge on any atom is -0.314 e. The monoisotopic (exact) mass is 277 g/mol. The van der Waals surface area contributed by atoms with E-state index in [4.69, 9.17) is 0 Å². The lowest BCUT2D eigenvalue weighted by atomic mass is 9.99. The number of rotatable bonds is 5. The molecule has 0 radical (unpaired) electrons. The fraction of sp³-hybridized carbons (Fsp3) is 0.688. The van der Waals surface area contributed by atoms with Crippen molar-refractivity contribution < 1.29 is 0 Å². The third kappa shape index (κ3) is 4.18. The molecule has 1 aromatic rings. The molecule has 1 saturated heterocycles. The van der Waals surface area contributed by atoms with Crippen molar-refractivity contribution in [2.24, 2.45) is 5.92 Å². The zero-order valence-electron chi connectivity index (χ0n) is 12.7. The van der Waals surface area contributed by atoms with Crippen molar-refractivity contribution in [2.75, 3.05) is 26.2 Å². The van der Waals surface area contributed by atoms with Crippen molar-refractivity contribution in [3.05, 3.63) is 34.7 Å². The van der Waals surface area contributed by atoms with E-state index in [9.17, 15) is 4.79 Å². The topological polar surface area (TPSA) is 37.3 Å². The summed E-state index contributed by atoms with van der Waals surface area (Å²) in [6.07, 6.45) is 4.28. The molecule has 1 aliphatic heterocycles. The van der Waals surface area contributed by atoms with Crippen LogP contribution in [-0.4, -0.2) is 41.7 Å². The van der Waals surface area contributed by atoms with Crippen molar-refractivity contribution in [1.82, 2.24) is 14.8 Å². The minimum atomic E-state index is 0.0962. The summed E-state index contributed by atoms with van der Waals surface area (Å²) in [6.45, 7) is 9.65. The number of hydrogen-bond acceptors (Lipinski definition) is 3. The Morgan fingerprint density at radius 2 is 2.25 bits per heavy atom. The van der Waals surface area contributed by atoms with Crippen molar-refractivity contribution in [1.29, 1.82) is 0 Å². The Morgan fingerprint density at radius 3 is 3.00 bits per heavy atom. The summed E-state index contributed by atoms with van der Waals surface area (Å²) in [5.74, 6) is 0.704. The Balaban J connectivity index is 1.91. The van der Waals surface area contributed by atoms with Crippen LogP contribution >= 0.6 is 0 Å². The van der Waals surface area contributed by atoms with Gasteiger partial charge < -0.3 is 9.88 Å². The van der Waals surface area contributed by atoms with Crippen molar-refractivity contribution in [3.63, 3.8) is 0 Å². The molecule has 4 nitrogen and oxygen atoms in total. The van der Waals surface area contributed by atoms with Crippen molar-refractivity contribution in [2.45, 2.75) is 39.3 Å². The molecular weight excluding hydrogens is 250 g/mol. The molecule has 4 heteroatoms. The van der Waals surface area contributed by atoms with Gasteiger partial charge in [-0.3, -0.25) is 9.69 Å². The fourth-order valence-electron chi connectivity index (χ4n) is 2.79. The molecule has 112 valence electrons. The van der Waals surface area contributed by atoms with Crippen LogP contribution in [-0.2, 0) is 6.54 Å². The maximum atomic E-state index is 11.7. The zero-order chi connectivity index (χ0) is 14.4. The van der Waals surface area contributed by atoms with Gasteiger partial charge in [-0.1, -0.05) is 26.3 Å². The van der Waals surface area contributed by atoms with Crippen LogP contribution in [0.1, 0.15) is 26.7 Å². The smallest absolute Gasteiger partial charge is 0.250 e. The molecule has 1 aliphatic rings. The molecule has 1 N–H and O–H groups in total. The molecule has 1 fully saturated rings. The first-order valence-corrected chi connectivity index (χ1v) is 7.82. The summed E-state index contributed by atoms with van der Waals surface area (Å²) in [5, 5.41) is 3.66. The van der Waals surface area contributed by atoms with Crippen LogP contribution in [0.3, 0.4) is 0 Å². The highest BCUT2D eigenvalue weighted by Crippen LogP contribution is 2.12. The molecule has 0 aliphatic carbocycles. The summed E-state index contributed by atoms with van der Waals surface area (Å²) in [7, 11) is 0. The van der Waals surface area contributed by atoms with Crippen molar-refractivity contribution >= 4 is 0 Å². The predicted octanol–water partition coefficient (Wildman–Crippen LogP) is 1.56. The molecule has 2 heterocycles. The Labute approximate surface area is 121 Å². The molecule has 1 aromatic heterocycles. The lowest BCUT2D eigenvalue weighted by molar-refractivity contribution is 0.230. The average molecular weight is 277 g/mol. The van der Waals surface area contributed by atoms with Gasteiger partial charge >= 0.3 is 0 Å². The van der Waals surface area contributed by atoms with Gasteiger partial charge in [0, 0.05) is 37.9 Å². The average Bonchev–Trinajstić information content (AvgIpc) is 2.71. The van der Waals surface area contributed by atoms with Gasteiger partial charge in [-0.2, -0.15) is 0 Å². The fourth-order valence-corrected chi connectivity index (χ4v) is 2.79. The number of hydrogen-bond donors (Lipinski definition) is 1. The predicted molar refractivity (Wildman–Crippen MR) is 83.0 cm³/mol. The van der Waals surface area contributed by atoms with E-state index in [2.05, 4.69) is 24.1 Å². The molecule has 0 spiro atoms. The molecule has 0 saturated carbocycles. The van der Waals surface area contributed by atoms with Crippen LogP contribution in [0, 0.1) is 5.92 Å². The molecule has 0 amide bonds. The number of aromatic nitrogens is 1. The van der Waals surface area contributed by atoms with Crippen LogP contribution in [0.15, 0.2) is 29.2 Å². The van der Waals surface area contributed by atoms with E-state index in [0.29, 0.717) is 12.0 Å². The van der Waals surface area contributed by atoms with Gasteiger partial charge in [0.1, 0.15) is 0 Å². The third-order valence-corrected chi connectivity index (χ3v) is 4.40. The zero-order valence-corrected chi connectivity index (χ0v) is 12.7. The van der Waals surface area contributed by atoms with E-state index >= 15 is 0 Å². The van der Waals surface area contributed by atoms with Crippen LogP contribution in [0.25, 0.3) is 0 Å². The molecule has 0 bridgehead atoms. The largest absolute Gasteiger partial charge is 0.314 e. The molecule has 2 unspecified atom stereocenters. The standard InChI is InChI=1S/C16H27N3O/c1-3-14(2)15-13-18(9-6-8-17-15)11-12-19-10-5-4-7-16(19)20/h4-5,7,10,14-15,17H,3,6,8-9,11-13H2,1-2H3. The Kier molecular flexibility index (Phi) is 5.80. The van der Waals surface area contributed by atoms with E-state index < -0.39 is 0 Å². The van der Waals surface area contributed by atoms with Crippen LogP contribution in [0.5, 0.6) is 0 Å². The molecule has 2 atom stereocenters. The van der Waals surface area contributed by atoms with Gasteiger partial charge in [-0.25, -0.2) is 0 Å². The van der Waals surface area contributed by atoms with E-state index in [1.54, 1.807) is 16.7 Å². The number of pyridine rings is 1. The van der Waals surface area contributed by atoms with Gasteiger partial charge in [0.25, 0.3) is 5.56 Å². The minimum absolute atomic E-state index is 0.0962. The highest BCUT2D eigenvalue weighted by Gasteiger charge is 2.21. The van der Waals surface area contributed by atoms with Gasteiger partial charge in [0.2, 0.25) is 0 Å². The molecular formula is C16H27N3O. The Morgan fingerprint density at radius 1 is 1.40 bits per heavy atom. The molecule has 20 heavy (non-hydrogen) atoms. The second-order valence-electron chi connectivity index (χ2n) is 5.83. The molecule has 0 aromatic carbocycles. The Hall–Kier alpha value is -1.13. The highest BCUT2D eigenvalue weighted by molar-refractivity contribution is 4.93. The lowest BCUT2D eigenvalue weighted by Gasteiger charge is -2.28. The van der Waals surface area contributed by atoms with Crippen molar-refractivity contribution in [3.8, 4) is 0 Å². The molecule has 2 rings (SSSR count). The summed E-state index contributed by atoms with van der Waals surface area (Å²) < 4.78 is 1.80. The van der Waals surface area contributed by atoms with Crippen LogP contribution < -0.4 is 10.9 Å². The summed E-state index contributed by atoms with van der Waals surface area (Å²) >= 11 is 0. The van der Waals surface area contributed by atoms with E-state index in [0.717, 1.165) is 32.7 Å². The van der Waals surface area contributed by atoms with Gasteiger partial charge in [0.15, 0.2) is 0 Å².